The van der Waals surface area contributed by atoms with Crippen molar-refractivity contribution in [2.45, 2.75) is 64.7 Å². The van der Waals surface area contributed by atoms with Crippen LogP contribution in [0.2, 0.25) is 0 Å². The summed E-state index contributed by atoms with van der Waals surface area (Å²) in [7, 11) is 0. The Bertz CT molecular complexity index is 539. The van der Waals surface area contributed by atoms with Gasteiger partial charge in [-0.05, 0) is 80.2 Å². The van der Waals surface area contributed by atoms with Crippen molar-refractivity contribution < 1.29 is 4.74 Å². The Morgan fingerprint density at radius 1 is 1.04 bits per heavy atom. The van der Waals surface area contributed by atoms with Crippen LogP contribution in [-0.2, 0) is 6.42 Å². The summed E-state index contributed by atoms with van der Waals surface area (Å²) in [6.45, 7) is 3.78. The van der Waals surface area contributed by atoms with Gasteiger partial charge in [-0.2, -0.15) is 12.6 Å². The molecule has 0 heterocycles. The zero-order valence-electron chi connectivity index (χ0n) is 15.2. The molecule has 1 aliphatic carbocycles. The lowest BCUT2D eigenvalue weighted by Crippen LogP contribution is -2.08. The van der Waals surface area contributed by atoms with E-state index >= 15 is 0 Å². The molecule has 0 fully saturated rings. The second-order valence-electron chi connectivity index (χ2n) is 6.81. The average molecular weight is 348 g/mol. The van der Waals surface area contributed by atoms with E-state index in [0.717, 1.165) is 43.8 Å². The first-order valence-corrected chi connectivity index (χ1v) is 10.1. The fourth-order valence-electron chi connectivity index (χ4n) is 3.45. The minimum Gasteiger partial charge on any atom is -0.494 e. The van der Waals surface area contributed by atoms with E-state index in [4.69, 9.17) is 10.5 Å². The molecular formula is C21H33NOS. The van der Waals surface area contributed by atoms with E-state index in [1.165, 1.54) is 54.4 Å². The Balaban J connectivity index is 1.81. The van der Waals surface area contributed by atoms with Gasteiger partial charge in [-0.1, -0.05) is 37.3 Å². The second-order valence-corrected chi connectivity index (χ2v) is 7.26. The molecule has 1 aliphatic rings. The molecule has 0 atom stereocenters. The van der Waals surface area contributed by atoms with E-state index in [2.05, 4.69) is 37.8 Å². The van der Waals surface area contributed by atoms with Crippen molar-refractivity contribution in [3.8, 4) is 5.75 Å². The first-order valence-electron chi connectivity index (χ1n) is 9.52. The summed E-state index contributed by atoms with van der Waals surface area (Å²) >= 11 is 4.25. The van der Waals surface area contributed by atoms with Gasteiger partial charge in [0.1, 0.15) is 5.75 Å². The van der Waals surface area contributed by atoms with Crippen molar-refractivity contribution in [3.63, 3.8) is 0 Å². The average Bonchev–Trinajstić information content (AvgIpc) is 2.60. The highest BCUT2D eigenvalue weighted by atomic mass is 32.1. The maximum absolute atomic E-state index is 6.00. The molecule has 3 heteroatoms. The highest BCUT2D eigenvalue weighted by Crippen LogP contribution is 2.35. The predicted octanol–water partition coefficient (Wildman–Crippen LogP) is 5.40. The topological polar surface area (TPSA) is 35.2 Å². The van der Waals surface area contributed by atoms with Crippen LogP contribution in [0.25, 0.3) is 5.57 Å². The summed E-state index contributed by atoms with van der Waals surface area (Å²) < 4.78 is 6.00. The Hall–Kier alpha value is -0.930. The van der Waals surface area contributed by atoms with Gasteiger partial charge < -0.3 is 10.5 Å². The predicted molar refractivity (Wildman–Crippen MR) is 108 cm³/mol. The van der Waals surface area contributed by atoms with E-state index < -0.39 is 0 Å². The van der Waals surface area contributed by atoms with Crippen LogP contribution < -0.4 is 10.5 Å². The quantitative estimate of drug-likeness (QED) is 0.415. The monoisotopic (exact) mass is 347 g/mol. The summed E-state index contributed by atoms with van der Waals surface area (Å²) in [6, 6.07) is 6.60. The summed E-state index contributed by atoms with van der Waals surface area (Å²) in [5.41, 5.74) is 11.5. The molecule has 2 nitrogen and oxygen atoms in total. The number of fused-ring (bicyclic) bond motifs is 1. The van der Waals surface area contributed by atoms with Crippen molar-refractivity contribution in [2.75, 3.05) is 18.9 Å². The van der Waals surface area contributed by atoms with Crippen LogP contribution in [0.5, 0.6) is 5.75 Å². The summed E-state index contributed by atoms with van der Waals surface area (Å²) in [4.78, 5) is 0. The van der Waals surface area contributed by atoms with Crippen LogP contribution >= 0.6 is 12.6 Å². The molecule has 0 bridgehead atoms. The zero-order chi connectivity index (χ0) is 17.2. The largest absolute Gasteiger partial charge is 0.494 e. The van der Waals surface area contributed by atoms with Crippen LogP contribution in [0.3, 0.4) is 0 Å². The van der Waals surface area contributed by atoms with E-state index in [-0.39, 0.29) is 0 Å². The highest BCUT2D eigenvalue weighted by Gasteiger charge is 2.16. The Kier molecular flexibility index (Phi) is 8.76. The molecular weight excluding hydrogens is 314 g/mol. The van der Waals surface area contributed by atoms with Crippen LogP contribution in [0.1, 0.15) is 69.4 Å². The number of hydrogen-bond donors (Lipinski definition) is 2. The molecule has 0 aromatic heterocycles. The Morgan fingerprint density at radius 3 is 2.54 bits per heavy atom. The molecule has 2 N–H and O–H groups in total. The first-order chi connectivity index (χ1) is 11.8. The molecule has 1 aromatic rings. The molecule has 24 heavy (non-hydrogen) atoms. The second kappa shape index (κ2) is 10.8. The van der Waals surface area contributed by atoms with E-state index in [1.54, 1.807) is 0 Å². The number of thiol groups is 1. The number of hydrogen-bond acceptors (Lipinski definition) is 3. The molecule has 0 amide bonds. The third kappa shape index (κ3) is 5.86. The van der Waals surface area contributed by atoms with Crippen LogP contribution in [0.15, 0.2) is 23.8 Å². The number of aryl methyl sites for hydroxylation is 1. The van der Waals surface area contributed by atoms with Gasteiger partial charge in [0.05, 0.1) is 6.61 Å². The van der Waals surface area contributed by atoms with Crippen molar-refractivity contribution in [2.24, 2.45) is 5.73 Å². The number of benzene rings is 1. The number of rotatable bonds is 11. The van der Waals surface area contributed by atoms with E-state index in [0.29, 0.717) is 6.54 Å². The van der Waals surface area contributed by atoms with Gasteiger partial charge in [-0.3, -0.25) is 0 Å². The molecule has 0 spiro atoms. The molecule has 0 unspecified atom stereocenters. The van der Waals surface area contributed by atoms with Crippen molar-refractivity contribution in [1.29, 1.82) is 0 Å². The smallest absolute Gasteiger partial charge is 0.119 e. The molecule has 0 radical (unpaired) electrons. The molecule has 2 rings (SSSR count). The lowest BCUT2D eigenvalue weighted by Gasteiger charge is -2.22. The van der Waals surface area contributed by atoms with Gasteiger partial charge >= 0.3 is 0 Å². The van der Waals surface area contributed by atoms with Crippen molar-refractivity contribution >= 4 is 18.2 Å². The normalized spacial score (nSPS) is 14.0. The molecule has 134 valence electrons. The third-order valence-corrected chi connectivity index (χ3v) is 5.22. The zero-order valence-corrected chi connectivity index (χ0v) is 16.0. The lowest BCUT2D eigenvalue weighted by molar-refractivity contribution is 0.304. The number of nitrogens with two attached hydrogens (primary N) is 1. The van der Waals surface area contributed by atoms with Crippen molar-refractivity contribution in [3.05, 3.63) is 34.9 Å². The van der Waals surface area contributed by atoms with E-state index in [9.17, 15) is 0 Å². The van der Waals surface area contributed by atoms with Crippen LogP contribution in [-0.4, -0.2) is 18.9 Å². The van der Waals surface area contributed by atoms with Crippen molar-refractivity contribution in [1.82, 2.24) is 0 Å². The lowest BCUT2D eigenvalue weighted by atomic mass is 9.84. The van der Waals surface area contributed by atoms with Gasteiger partial charge in [-0.15, -0.1) is 0 Å². The number of ether oxygens (including phenoxy) is 1. The maximum atomic E-state index is 6.00. The number of allylic oxidation sites excluding steroid dienone is 1. The Labute approximate surface area is 153 Å². The minimum absolute atomic E-state index is 0.713. The number of unbranched alkanes of at least 4 members (excludes halogenated alkanes) is 5. The highest BCUT2D eigenvalue weighted by molar-refractivity contribution is 7.80. The van der Waals surface area contributed by atoms with E-state index in [1.807, 2.05) is 0 Å². The third-order valence-electron chi connectivity index (χ3n) is 4.91. The fraction of sp³-hybridized carbons (Fsp3) is 0.619. The summed E-state index contributed by atoms with van der Waals surface area (Å²) in [5.74, 6) is 2.02. The van der Waals surface area contributed by atoms with Crippen LogP contribution in [0.4, 0.5) is 0 Å². The molecule has 0 aliphatic heterocycles. The molecule has 1 aromatic carbocycles. The van der Waals surface area contributed by atoms with Crippen LogP contribution in [0, 0.1) is 0 Å². The molecule has 0 saturated carbocycles. The van der Waals surface area contributed by atoms with Gasteiger partial charge in [-0.25, -0.2) is 0 Å². The summed E-state index contributed by atoms with van der Waals surface area (Å²) in [6.07, 6.45) is 10.9. The Morgan fingerprint density at radius 2 is 1.79 bits per heavy atom. The fourth-order valence-corrected chi connectivity index (χ4v) is 3.67. The minimum atomic E-state index is 0.713. The van der Waals surface area contributed by atoms with Gasteiger partial charge in [0.25, 0.3) is 0 Å². The summed E-state index contributed by atoms with van der Waals surface area (Å²) in [5, 5.41) is 0. The molecule has 0 saturated heterocycles. The van der Waals surface area contributed by atoms with Gasteiger partial charge in [0.2, 0.25) is 0 Å². The first kappa shape index (κ1) is 19.4. The standard InChI is InChI=1S/C21H33NOS/c1-17-8-9-18-10-11-19(16-21(18)20(17)12-13-22)23-14-6-4-2-3-5-7-15-24/h10-11,16,24H,2-9,12-15,22H2,1H3. The van der Waals surface area contributed by atoms with Gasteiger partial charge in [0.15, 0.2) is 0 Å². The SMILES string of the molecule is CC1=C(CCN)c2cc(OCCCCCCCCS)ccc2CC1. The van der Waals surface area contributed by atoms with Gasteiger partial charge in [0, 0.05) is 0 Å². The maximum Gasteiger partial charge on any atom is 0.119 e.